The Morgan fingerprint density at radius 3 is 2.33 bits per heavy atom. The number of amides is 2. The van der Waals surface area contributed by atoms with Gasteiger partial charge in [-0.1, -0.05) is 18.2 Å². The topological polar surface area (TPSA) is 54.0 Å². The molecule has 1 saturated heterocycles. The minimum absolute atomic E-state index is 0.0555. The summed E-state index contributed by atoms with van der Waals surface area (Å²) in [4.78, 5) is 16.9. The van der Waals surface area contributed by atoms with E-state index < -0.39 is 0 Å². The summed E-state index contributed by atoms with van der Waals surface area (Å²) in [7, 11) is 3.25. The summed E-state index contributed by atoms with van der Waals surface area (Å²) >= 11 is 0. The zero-order valence-corrected chi connectivity index (χ0v) is 16.1. The Hall–Kier alpha value is -2.89. The van der Waals surface area contributed by atoms with Gasteiger partial charge in [0.1, 0.15) is 11.5 Å². The number of hydrogen-bond acceptors (Lipinski definition) is 4. The molecule has 1 heterocycles. The predicted octanol–water partition coefficient (Wildman–Crippen LogP) is 3.30. The molecule has 1 atom stereocenters. The van der Waals surface area contributed by atoms with Gasteiger partial charge in [0.2, 0.25) is 0 Å². The highest BCUT2D eigenvalue weighted by Crippen LogP contribution is 2.29. The summed E-state index contributed by atoms with van der Waals surface area (Å²) in [5, 5.41) is 3.08. The van der Waals surface area contributed by atoms with Crippen LogP contribution in [0.15, 0.2) is 48.5 Å². The number of methoxy groups -OCH3 is 2. The number of carbonyl (C=O) groups is 1. The molecule has 3 rings (SSSR count). The fourth-order valence-corrected chi connectivity index (χ4v) is 3.34. The number of para-hydroxylation sites is 1. The van der Waals surface area contributed by atoms with E-state index in [4.69, 9.17) is 9.47 Å². The molecule has 0 saturated carbocycles. The fraction of sp³-hybridized carbons (Fsp3) is 0.381. The van der Waals surface area contributed by atoms with Crippen molar-refractivity contribution < 1.29 is 14.3 Å². The van der Waals surface area contributed by atoms with E-state index in [1.165, 1.54) is 5.69 Å². The number of rotatable bonds is 5. The first-order valence-corrected chi connectivity index (χ1v) is 9.19. The van der Waals surface area contributed by atoms with Gasteiger partial charge in [0.15, 0.2) is 0 Å². The molecule has 0 aliphatic carbocycles. The van der Waals surface area contributed by atoms with Crippen LogP contribution < -0.4 is 19.7 Å². The average Bonchev–Trinajstić information content (AvgIpc) is 2.73. The normalized spacial score (nSPS) is 15.2. The molecule has 2 amide bonds. The highest BCUT2D eigenvalue weighted by Gasteiger charge is 2.23. The van der Waals surface area contributed by atoms with Crippen molar-refractivity contribution in [3.8, 4) is 11.5 Å². The quantitative estimate of drug-likeness (QED) is 0.879. The van der Waals surface area contributed by atoms with Gasteiger partial charge in [-0.3, -0.25) is 0 Å². The molecule has 1 fully saturated rings. The lowest BCUT2D eigenvalue weighted by molar-refractivity contribution is 0.191. The molecule has 0 radical (unpaired) electrons. The number of benzene rings is 2. The second-order valence-corrected chi connectivity index (χ2v) is 6.59. The molecule has 0 bridgehead atoms. The Balaban J connectivity index is 1.59. The second kappa shape index (κ2) is 8.66. The van der Waals surface area contributed by atoms with Crippen LogP contribution in [0.2, 0.25) is 0 Å². The van der Waals surface area contributed by atoms with E-state index in [1.54, 1.807) is 14.2 Å². The third-order valence-electron chi connectivity index (χ3n) is 4.93. The minimum Gasteiger partial charge on any atom is -0.497 e. The van der Waals surface area contributed by atoms with Gasteiger partial charge in [-0.15, -0.1) is 0 Å². The molecule has 1 unspecified atom stereocenters. The second-order valence-electron chi connectivity index (χ2n) is 6.59. The first-order valence-electron chi connectivity index (χ1n) is 9.19. The lowest BCUT2D eigenvalue weighted by Crippen LogP contribution is -2.52. The van der Waals surface area contributed by atoms with Crippen LogP contribution in [0.1, 0.15) is 18.5 Å². The van der Waals surface area contributed by atoms with Crippen LogP contribution in [0, 0.1) is 0 Å². The maximum absolute atomic E-state index is 12.7. The lowest BCUT2D eigenvalue weighted by Gasteiger charge is -2.36. The molecule has 0 aromatic heterocycles. The van der Waals surface area contributed by atoms with Crippen molar-refractivity contribution in [1.29, 1.82) is 0 Å². The largest absolute Gasteiger partial charge is 0.497 e. The van der Waals surface area contributed by atoms with Crippen molar-refractivity contribution in [2.45, 2.75) is 13.0 Å². The number of anilines is 1. The van der Waals surface area contributed by atoms with Gasteiger partial charge in [0.05, 0.1) is 20.3 Å². The van der Waals surface area contributed by atoms with E-state index in [0.717, 1.165) is 30.2 Å². The van der Waals surface area contributed by atoms with Crippen molar-refractivity contribution in [2.24, 2.45) is 0 Å². The molecule has 27 heavy (non-hydrogen) atoms. The summed E-state index contributed by atoms with van der Waals surface area (Å²) in [5.41, 5.74) is 2.10. The summed E-state index contributed by atoms with van der Waals surface area (Å²) in [6.07, 6.45) is 0. The minimum atomic E-state index is -0.185. The third-order valence-corrected chi connectivity index (χ3v) is 4.93. The molecular formula is C21H27N3O3. The van der Waals surface area contributed by atoms with Gasteiger partial charge in [-0.05, 0) is 37.3 Å². The van der Waals surface area contributed by atoms with Crippen LogP contribution in [-0.2, 0) is 0 Å². The number of nitrogens with zero attached hydrogens (tertiary/aromatic N) is 2. The van der Waals surface area contributed by atoms with Gasteiger partial charge in [-0.2, -0.15) is 0 Å². The van der Waals surface area contributed by atoms with Crippen molar-refractivity contribution >= 4 is 11.7 Å². The van der Waals surface area contributed by atoms with E-state index in [2.05, 4.69) is 22.3 Å². The standard InChI is InChI=1S/C21H27N3O3/c1-16(19-15-18(26-2)9-10-20(19)27-3)22-21(25)24-13-11-23(12-14-24)17-7-5-4-6-8-17/h4-10,15-16H,11-14H2,1-3H3,(H,22,25). The summed E-state index contributed by atoms with van der Waals surface area (Å²) in [6.45, 7) is 5.00. The smallest absolute Gasteiger partial charge is 0.317 e. The van der Waals surface area contributed by atoms with Gasteiger partial charge in [-0.25, -0.2) is 4.79 Å². The van der Waals surface area contributed by atoms with Crippen molar-refractivity contribution in [3.05, 3.63) is 54.1 Å². The molecule has 144 valence electrons. The summed E-state index contributed by atoms with van der Waals surface area (Å²) in [6, 6.07) is 15.7. The molecule has 6 heteroatoms. The predicted molar refractivity (Wildman–Crippen MR) is 107 cm³/mol. The number of ether oxygens (including phenoxy) is 2. The molecule has 6 nitrogen and oxygen atoms in total. The average molecular weight is 369 g/mol. The number of nitrogens with one attached hydrogen (secondary N) is 1. The van der Waals surface area contributed by atoms with E-state index in [-0.39, 0.29) is 12.1 Å². The highest BCUT2D eigenvalue weighted by atomic mass is 16.5. The van der Waals surface area contributed by atoms with Crippen LogP contribution >= 0.6 is 0 Å². The Labute approximate surface area is 160 Å². The number of urea groups is 1. The molecule has 1 N–H and O–H groups in total. The van der Waals surface area contributed by atoms with E-state index >= 15 is 0 Å². The van der Waals surface area contributed by atoms with E-state index in [9.17, 15) is 4.79 Å². The van der Waals surface area contributed by atoms with E-state index in [0.29, 0.717) is 13.1 Å². The van der Waals surface area contributed by atoms with Crippen LogP contribution in [0.25, 0.3) is 0 Å². The Morgan fingerprint density at radius 1 is 1.00 bits per heavy atom. The van der Waals surface area contributed by atoms with Crippen LogP contribution in [0.5, 0.6) is 11.5 Å². The third kappa shape index (κ3) is 4.45. The molecule has 2 aromatic carbocycles. The molecule has 2 aromatic rings. The first kappa shape index (κ1) is 18.9. The van der Waals surface area contributed by atoms with Crippen LogP contribution in [-0.4, -0.2) is 51.3 Å². The van der Waals surface area contributed by atoms with Gasteiger partial charge in [0, 0.05) is 37.4 Å². The maximum atomic E-state index is 12.7. The summed E-state index contributed by atoms with van der Waals surface area (Å²) < 4.78 is 10.7. The zero-order valence-electron chi connectivity index (χ0n) is 16.1. The lowest BCUT2D eigenvalue weighted by atomic mass is 10.1. The maximum Gasteiger partial charge on any atom is 0.317 e. The SMILES string of the molecule is COc1ccc(OC)c(C(C)NC(=O)N2CCN(c3ccccc3)CC2)c1. The molecule has 1 aliphatic rings. The molecular weight excluding hydrogens is 342 g/mol. The Morgan fingerprint density at radius 2 is 1.70 bits per heavy atom. The monoisotopic (exact) mass is 369 g/mol. The molecule has 1 aliphatic heterocycles. The zero-order chi connectivity index (χ0) is 19.2. The van der Waals surface area contributed by atoms with Crippen molar-refractivity contribution in [3.63, 3.8) is 0 Å². The molecule has 0 spiro atoms. The Kier molecular flexibility index (Phi) is 6.06. The van der Waals surface area contributed by atoms with Gasteiger partial charge >= 0.3 is 6.03 Å². The number of carbonyl (C=O) groups excluding carboxylic acids is 1. The number of hydrogen-bond donors (Lipinski definition) is 1. The van der Waals surface area contributed by atoms with Crippen LogP contribution in [0.3, 0.4) is 0 Å². The van der Waals surface area contributed by atoms with Crippen molar-refractivity contribution in [1.82, 2.24) is 10.2 Å². The fourth-order valence-electron chi connectivity index (χ4n) is 3.34. The van der Waals surface area contributed by atoms with Crippen LogP contribution in [0.4, 0.5) is 10.5 Å². The summed E-state index contributed by atoms with van der Waals surface area (Å²) in [5.74, 6) is 1.47. The highest BCUT2D eigenvalue weighted by molar-refractivity contribution is 5.75. The number of piperazine rings is 1. The van der Waals surface area contributed by atoms with Gasteiger partial charge < -0.3 is 24.6 Å². The Bertz CT molecular complexity index is 759. The van der Waals surface area contributed by atoms with Gasteiger partial charge in [0.25, 0.3) is 0 Å². The van der Waals surface area contributed by atoms with E-state index in [1.807, 2.05) is 48.2 Å². The van der Waals surface area contributed by atoms with Crippen molar-refractivity contribution in [2.75, 3.05) is 45.3 Å². The first-order chi connectivity index (χ1) is 13.1.